The topological polar surface area (TPSA) is 113 Å². The fourth-order valence-electron chi connectivity index (χ4n) is 1.45. The van der Waals surface area contributed by atoms with Crippen LogP contribution in [0, 0.1) is 5.92 Å². The van der Waals surface area contributed by atoms with E-state index in [1.807, 2.05) is 0 Å². The second-order valence-corrected chi connectivity index (χ2v) is 6.44. The van der Waals surface area contributed by atoms with Crippen molar-refractivity contribution in [3.05, 3.63) is 24.3 Å². The smallest absolute Gasteiger partial charge is 0.341 e. The number of ether oxygens (including phenoxy) is 1. The minimum absolute atomic E-state index is 0.0437. The molecule has 2 unspecified atom stereocenters. The lowest BCUT2D eigenvalue weighted by atomic mass is 10.1. The van der Waals surface area contributed by atoms with E-state index in [9.17, 15) is 13.2 Å². The van der Waals surface area contributed by atoms with Crippen LogP contribution in [0.4, 0.5) is 0 Å². The molecule has 0 radical (unpaired) electrons. The second-order valence-electron chi connectivity index (χ2n) is 4.72. The van der Waals surface area contributed by atoms with E-state index in [4.69, 9.17) is 14.9 Å². The third-order valence-electron chi connectivity index (χ3n) is 2.98. The molecule has 0 saturated carbocycles. The average Bonchev–Trinajstić information content (AvgIpc) is 2.44. The Bertz CT molecular complexity index is 569. The van der Waals surface area contributed by atoms with Crippen LogP contribution in [0.25, 0.3) is 0 Å². The van der Waals surface area contributed by atoms with Crippen molar-refractivity contribution < 1.29 is 28.2 Å². The van der Waals surface area contributed by atoms with Crippen LogP contribution in [0.3, 0.4) is 0 Å². The zero-order valence-corrected chi connectivity index (χ0v) is 12.6. The Kier molecular flexibility index (Phi) is 6.13. The van der Waals surface area contributed by atoms with E-state index in [-0.39, 0.29) is 23.2 Å². The maximum atomic E-state index is 12.1. The number of hydrogen-bond acceptors (Lipinski definition) is 5. The summed E-state index contributed by atoms with van der Waals surface area (Å²) in [5.41, 5.74) is 0. The number of aliphatic carboxylic acids is 1. The highest BCUT2D eigenvalue weighted by Crippen LogP contribution is 2.17. The van der Waals surface area contributed by atoms with E-state index in [1.54, 1.807) is 13.8 Å². The summed E-state index contributed by atoms with van der Waals surface area (Å²) >= 11 is 0. The number of carboxylic acid groups (broad SMARTS) is 1. The Morgan fingerprint density at radius 2 is 1.86 bits per heavy atom. The Morgan fingerprint density at radius 3 is 2.33 bits per heavy atom. The number of rotatable bonds is 8. The molecule has 0 fully saturated rings. The van der Waals surface area contributed by atoms with Crippen LogP contribution in [0.1, 0.15) is 13.8 Å². The zero-order chi connectivity index (χ0) is 16.0. The van der Waals surface area contributed by atoms with Crippen LogP contribution in [0.15, 0.2) is 29.2 Å². The molecule has 21 heavy (non-hydrogen) atoms. The van der Waals surface area contributed by atoms with Gasteiger partial charge in [-0.05, 0) is 37.1 Å². The summed E-state index contributed by atoms with van der Waals surface area (Å²) in [5.74, 6) is -1.05. The molecular formula is C13H19NO6S. The molecule has 3 N–H and O–H groups in total. The molecular weight excluding hydrogens is 298 g/mol. The highest BCUT2D eigenvalue weighted by atomic mass is 32.2. The third-order valence-corrected chi connectivity index (χ3v) is 4.55. The summed E-state index contributed by atoms with van der Waals surface area (Å²) in [6.07, 6.45) is 0. The molecule has 1 aromatic carbocycles. The quantitative estimate of drug-likeness (QED) is 0.641. The Morgan fingerprint density at radius 1 is 1.29 bits per heavy atom. The number of sulfonamides is 1. The van der Waals surface area contributed by atoms with Gasteiger partial charge in [0.1, 0.15) is 5.75 Å². The summed E-state index contributed by atoms with van der Waals surface area (Å²) in [4.78, 5) is 10.4. The van der Waals surface area contributed by atoms with Crippen LogP contribution in [0.5, 0.6) is 5.75 Å². The monoisotopic (exact) mass is 317 g/mol. The standard InChI is InChI=1S/C13H19NO6S/c1-9(7-15)10(2)14-21(18,19)12-5-3-11(4-6-12)20-8-13(16)17/h3-6,9-10,14-15H,7-8H2,1-2H3,(H,16,17). The van der Waals surface area contributed by atoms with E-state index in [1.165, 1.54) is 24.3 Å². The first-order valence-electron chi connectivity index (χ1n) is 6.34. The molecule has 0 amide bonds. The van der Waals surface area contributed by atoms with Gasteiger partial charge in [-0.15, -0.1) is 0 Å². The summed E-state index contributed by atoms with van der Waals surface area (Å²) in [6.45, 7) is 2.79. The van der Waals surface area contributed by atoms with Gasteiger partial charge in [0.2, 0.25) is 10.0 Å². The van der Waals surface area contributed by atoms with Crippen LogP contribution < -0.4 is 9.46 Å². The Labute approximate surface area is 123 Å². The molecule has 118 valence electrons. The number of aliphatic hydroxyl groups is 1. The van der Waals surface area contributed by atoms with Gasteiger partial charge in [0.05, 0.1) is 4.90 Å². The minimum atomic E-state index is -3.70. The summed E-state index contributed by atoms with van der Waals surface area (Å²) in [7, 11) is -3.70. The Hall–Kier alpha value is -1.64. The fourth-order valence-corrected chi connectivity index (χ4v) is 2.80. The zero-order valence-electron chi connectivity index (χ0n) is 11.8. The van der Waals surface area contributed by atoms with Gasteiger partial charge < -0.3 is 14.9 Å². The molecule has 0 saturated heterocycles. The predicted molar refractivity (Wildman–Crippen MR) is 75.6 cm³/mol. The summed E-state index contributed by atoms with van der Waals surface area (Å²) < 4.78 is 31.6. The first-order valence-corrected chi connectivity index (χ1v) is 7.82. The average molecular weight is 317 g/mol. The molecule has 0 bridgehead atoms. The van der Waals surface area contributed by atoms with Crippen LogP contribution in [-0.2, 0) is 14.8 Å². The van der Waals surface area contributed by atoms with Crippen molar-refractivity contribution >= 4 is 16.0 Å². The van der Waals surface area contributed by atoms with E-state index in [0.29, 0.717) is 0 Å². The van der Waals surface area contributed by atoms with E-state index in [0.717, 1.165) is 0 Å². The minimum Gasteiger partial charge on any atom is -0.482 e. The number of hydrogen-bond donors (Lipinski definition) is 3. The summed E-state index contributed by atoms with van der Waals surface area (Å²) in [6, 6.07) is 5.02. The van der Waals surface area contributed by atoms with Crippen molar-refractivity contribution in [3.63, 3.8) is 0 Å². The van der Waals surface area contributed by atoms with Gasteiger partial charge in [-0.25, -0.2) is 17.9 Å². The van der Waals surface area contributed by atoms with Gasteiger partial charge >= 0.3 is 5.97 Å². The van der Waals surface area contributed by atoms with Crippen molar-refractivity contribution in [2.75, 3.05) is 13.2 Å². The summed E-state index contributed by atoms with van der Waals surface area (Å²) in [5, 5.41) is 17.5. The maximum absolute atomic E-state index is 12.1. The van der Waals surface area contributed by atoms with Gasteiger partial charge in [0.25, 0.3) is 0 Å². The highest BCUT2D eigenvalue weighted by Gasteiger charge is 2.20. The first kappa shape index (κ1) is 17.4. The van der Waals surface area contributed by atoms with Crippen molar-refractivity contribution in [2.45, 2.75) is 24.8 Å². The lowest BCUT2D eigenvalue weighted by molar-refractivity contribution is -0.139. The van der Waals surface area contributed by atoms with Gasteiger partial charge in [-0.2, -0.15) is 0 Å². The molecule has 0 heterocycles. The number of carboxylic acids is 1. The third kappa shape index (κ3) is 5.33. The van der Waals surface area contributed by atoms with Crippen molar-refractivity contribution in [2.24, 2.45) is 5.92 Å². The largest absolute Gasteiger partial charge is 0.482 e. The van der Waals surface area contributed by atoms with E-state index in [2.05, 4.69) is 4.72 Å². The van der Waals surface area contributed by atoms with E-state index >= 15 is 0 Å². The van der Waals surface area contributed by atoms with Gasteiger partial charge in [0, 0.05) is 12.6 Å². The van der Waals surface area contributed by atoms with Gasteiger partial charge in [-0.1, -0.05) is 6.92 Å². The van der Waals surface area contributed by atoms with E-state index < -0.39 is 28.6 Å². The fraction of sp³-hybridized carbons (Fsp3) is 0.462. The molecule has 2 atom stereocenters. The molecule has 7 nitrogen and oxygen atoms in total. The Balaban J connectivity index is 2.78. The molecule has 8 heteroatoms. The number of aliphatic hydroxyl groups excluding tert-OH is 1. The predicted octanol–water partition coefficient (Wildman–Crippen LogP) is 0.445. The normalized spacial score (nSPS) is 14.4. The first-order chi connectivity index (χ1) is 9.76. The number of nitrogens with one attached hydrogen (secondary N) is 1. The molecule has 0 aliphatic carbocycles. The number of benzene rings is 1. The lowest BCUT2D eigenvalue weighted by Gasteiger charge is -2.19. The SMILES string of the molecule is CC(CO)C(C)NS(=O)(=O)c1ccc(OCC(=O)O)cc1. The molecule has 0 aliphatic heterocycles. The molecule has 1 aromatic rings. The van der Waals surface area contributed by atoms with Gasteiger partial charge in [-0.3, -0.25) is 0 Å². The number of carbonyl (C=O) groups is 1. The molecule has 0 aliphatic rings. The van der Waals surface area contributed by atoms with Crippen molar-refractivity contribution in [1.82, 2.24) is 4.72 Å². The van der Waals surface area contributed by atoms with Crippen LogP contribution >= 0.6 is 0 Å². The van der Waals surface area contributed by atoms with Gasteiger partial charge in [0.15, 0.2) is 6.61 Å². The van der Waals surface area contributed by atoms with Crippen LogP contribution in [-0.4, -0.2) is 43.9 Å². The maximum Gasteiger partial charge on any atom is 0.341 e. The lowest BCUT2D eigenvalue weighted by Crippen LogP contribution is -2.38. The van der Waals surface area contributed by atoms with Crippen LogP contribution in [0.2, 0.25) is 0 Å². The molecule has 0 spiro atoms. The molecule has 1 rings (SSSR count). The van der Waals surface area contributed by atoms with Crippen molar-refractivity contribution in [1.29, 1.82) is 0 Å². The highest BCUT2D eigenvalue weighted by molar-refractivity contribution is 7.89. The molecule has 0 aromatic heterocycles. The van der Waals surface area contributed by atoms with Crippen molar-refractivity contribution in [3.8, 4) is 5.75 Å². The second kappa shape index (κ2) is 7.39.